The summed E-state index contributed by atoms with van der Waals surface area (Å²) in [6, 6.07) is 0. The molecule has 1 nitrogen and oxygen atoms in total. The molecule has 3 aliphatic rings. The predicted octanol–water partition coefficient (Wildman–Crippen LogP) is 7.42. The number of aliphatic hydroxyl groups excluding tert-OH is 1. The molecular weight excluding hydrogens is 352 g/mol. The van der Waals surface area contributed by atoms with E-state index < -0.39 is 0 Å². The van der Waals surface area contributed by atoms with Crippen molar-refractivity contribution in [2.45, 2.75) is 79.2 Å². The molecule has 0 aromatic heterocycles. The molecule has 0 radical (unpaired) electrons. The fraction of sp³-hybridized carbons (Fsp3) is 0.643. The Balaban J connectivity index is 1.76. The average Bonchev–Trinajstić information content (AvgIpc) is 3.04. The van der Waals surface area contributed by atoms with Gasteiger partial charge in [-0.3, -0.25) is 0 Å². The topological polar surface area (TPSA) is 20.2 Å². The fourth-order valence-electron chi connectivity index (χ4n) is 5.63. The summed E-state index contributed by atoms with van der Waals surface area (Å²) in [6.07, 6.45) is 20.7. The van der Waals surface area contributed by atoms with Gasteiger partial charge in [0.1, 0.15) is 0 Å². The van der Waals surface area contributed by atoms with Crippen molar-refractivity contribution >= 4 is 0 Å². The lowest BCUT2D eigenvalue weighted by Crippen LogP contribution is -2.36. The summed E-state index contributed by atoms with van der Waals surface area (Å²) in [5.41, 5.74) is 4.37. The molecule has 3 rings (SSSR count). The van der Waals surface area contributed by atoms with E-state index in [0.29, 0.717) is 35.0 Å². The summed E-state index contributed by atoms with van der Waals surface area (Å²) in [5, 5.41) is 10.0. The molecule has 0 bridgehead atoms. The van der Waals surface area contributed by atoms with Crippen LogP contribution in [0.4, 0.5) is 0 Å². The number of allylic oxidation sites excluding steroid dienone is 8. The predicted molar refractivity (Wildman–Crippen MR) is 126 cm³/mol. The minimum atomic E-state index is -0.196. The Bertz CT molecular complexity index is 719. The molecule has 1 N–H and O–H groups in total. The van der Waals surface area contributed by atoms with Crippen molar-refractivity contribution in [3.05, 3.63) is 59.8 Å². The van der Waals surface area contributed by atoms with Gasteiger partial charge in [0.25, 0.3) is 0 Å². The second-order valence-corrected chi connectivity index (χ2v) is 10.5. The average molecular weight is 395 g/mol. The Hall–Kier alpha value is -1.34. The summed E-state index contributed by atoms with van der Waals surface area (Å²) in [6.45, 7) is 16.1. The zero-order valence-electron chi connectivity index (χ0n) is 19.3. The maximum atomic E-state index is 10.0. The fourth-order valence-corrected chi connectivity index (χ4v) is 5.63. The first-order valence-corrected chi connectivity index (χ1v) is 11.8. The Kier molecular flexibility index (Phi) is 7.10. The first kappa shape index (κ1) is 22.3. The minimum Gasteiger partial charge on any atom is -0.393 e. The SMILES string of the molecule is C=C1CCC(O)C/C1=C/C=C1\CCCC2(C)C1C=C[C@H]2[C@H](C)/C=C/[C@H](C)C(C)C. The lowest BCUT2D eigenvalue weighted by Gasteiger charge is -2.44. The molecule has 3 aliphatic carbocycles. The second-order valence-electron chi connectivity index (χ2n) is 10.5. The highest BCUT2D eigenvalue weighted by molar-refractivity contribution is 5.37. The van der Waals surface area contributed by atoms with E-state index in [-0.39, 0.29) is 6.10 Å². The lowest BCUT2D eigenvalue weighted by atomic mass is 9.60. The maximum absolute atomic E-state index is 10.0. The van der Waals surface area contributed by atoms with Crippen LogP contribution in [0.15, 0.2) is 59.8 Å². The molecule has 0 aromatic carbocycles. The molecule has 2 saturated carbocycles. The van der Waals surface area contributed by atoms with Gasteiger partial charge in [0.2, 0.25) is 0 Å². The maximum Gasteiger partial charge on any atom is 0.0583 e. The van der Waals surface area contributed by atoms with E-state index in [4.69, 9.17) is 0 Å². The van der Waals surface area contributed by atoms with Crippen molar-refractivity contribution in [3.8, 4) is 0 Å². The van der Waals surface area contributed by atoms with Crippen LogP contribution in [0.3, 0.4) is 0 Å². The lowest BCUT2D eigenvalue weighted by molar-refractivity contribution is 0.128. The number of rotatable bonds is 5. The Labute approximate surface area is 179 Å². The van der Waals surface area contributed by atoms with Crippen LogP contribution in [0.25, 0.3) is 0 Å². The van der Waals surface area contributed by atoms with Gasteiger partial charge in [-0.2, -0.15) is 0 Å². The van der Waals surface area contributed by atoms with Gasteiger partial charge in [0.05, 0.1) is 6.10 Å². The van der Waals surface area contributed by atoms with Crippen LogP contribution in [0, 0.1) is 35.0 Å². The molecule has 0 heterocycles. The smallest absolute Gasteiger partial charge is 0.0583 e. The van der Waals surface area contributed by atoms with Gasteiger partial charge < -0.3 is 5.11 Å². The Morgan fingerprint density at radius 2 is 1.86 bits per heavy atom. The van der Waals surface area contributed by atoms with Crippen LogP contribution < -0.4 is 0 Å². The third-order valence-corrected chi connectivity index (χ3v) is 8.09. The molecule has 0 aliphatic heterocycles. The van der Waals surface area contributed by atoms with Crippen molar-refractivity contribution in [2.24, 2.45) is 35.0 Å². The molecule has 6 atom stereocenters. The van der Waals surface area contributed by atoms with Crippen LogP contribution >= 0.6 is 0 Å². The molecule has 0 spiro atoms. The second kappa shape index (κ2) is 9.21. The summed E-state index contributed by atoms with van der Waals surface area (Å²) in [4.78, 5) is 0. The first-order valence-electron chi connectivity index (χ1n) is 11.8. The monoisotopic (exact) mass is 394 g/mol. The molecule has 29 heavy (non-hydrogen) atoms. The highest BCUT2D eigenvalue weighted by atomic mass is 16.3. The van der Waals surface area contributed by atoms with Gasteiger partial charge in [-0.1, -0.05) is 88.8 Å². The van der Waals surface area contributed by atoms with E-state index >= 15 is 0 Å². The largest absolute Gasteiger partial charge is 0.393 e. The summed E-state index contributed by atoms with van der Waals surface area (Å²) < 4.78 is 0. The summed E-state index contributed by atoms with van der Waals surface area (Å²) in [5.74, 6) is 3.09. The van der Waals surface area contributed by atoms with Gasteiger partial charge in [-0.15, -0.1) is 0 Å². The Morgan fingerprint density at radius 3 is 2.59 bits per heavy atom. The van der Waals surface area contributed by atoms with Crippen LogP contribution in [0.1, 0.15) is 73.1 Å². The molecule has 3 unspecified atom stereocenters. The van der Waals surface area contributed by atoms with Crippen molar-refractivity contribution in [1.82, 2.24) is 0 Å². The van der Waals surface area contributed by atoms with Crippen molar-refractivity contribution in [1.29, 1.82) is 0 Å². The van der Waals surface area contributed by atoms with E-state index in [0.717, 1.165) is 19.3 Å². The van der Waals surface area contributed by atoms with E-state index in [9.17, 15) is 5.11 Å². The van der Waals surface area contributed by atoms with E-state index in [1.54, 1.807) is 5.57 Å². The third kappa shape index (κ3) is 4.88. The van der Waals surface area contributed by atoms with Crippen molar-refractivity contribution in [2.75, 3.05) is 0 Å². The van der Waals surface area contributed by atoms with Gasteiger partial charge in [-0.25, -0.2) is 0 Å². The van der Waals surface area contributed by atoms with Crippen LogP contribution in [0.5, 0.6) is 0 Å². The molecule has 0 saturated heterocycles. The summed E-state index contributed by atoms with van der Waals surface area (Å²) >= 11 is 0. The number of fused-ring (bicyclic) bond motifs is 1. The minimum absolute atomic E-state index is 0.196. The normalized spacial score (nSPS) is 37.6. The highest BCUT2D eigenvalue weighted by Gasteiger charge is 2.47. The van der Waals surface area contributed by atoms with Gasteiger partial charge in [-0.05, 0) is 73.2 Å². The number of hydrogen-bond donors (Lipinski definition) is 1. The summed E-state index contributed by atoms with van der Waals surface area (Å²) in [7, 11) is 0. The van der Waals surface area contributed by atoms with Crippen LogP contribution in [0.2, 0.25) is 0 Å². The van der Waals surface area contributed by atoms with E-state index in [2.05, 4.69) is 77.7 Å². The zero-order valence-corrected chi connectivity index (χ0v) is 19.3. The van der Waals surface area contributed by atoms with Gasteiger partial charge in [0.15, 0.2) is 0 Å². The van der Waals surface area contributed by atoms with Crippen LogP contribution in [-0.4, -0.2) is 11.2 Å². The number of hydrogen-bond acceptors (Lipinski definition) is 1. The van der Waals surface area contributed by atoms with Crippen molar-refractivity contribution < 1.29 is 5.11 Å². The van der Waals surface area contributed by atoms with E-state index in [1.807, 2.05) is 0 Å². The quantitative estimate of drug-likeness (QED) is 0.481. The number of aliphatic hydroxyl groups is 1. The molecule has 160 valence electrons. The third-order valence-electron chi connectivity index (χ3n) is 8.09. The standard InChI is InChI=1S/C28H42O/c1-19(2)20(3)9-10-22(5)26-15-16-27-23(8-7-17-28(26,27)6)12-13-24-18-25(29)14-11-21(24)4/h9-10,12-13,15-16,19-20,22,25-27,29H,4,7-8,11,14,17-18H2,1-3,5-6H3/b10-9+,23-12+,24-13-/t20-,22+,25?,26-,27?,28?/m0/s1. The van der Waals surface area contributed by atoms with Crippen LogP contribution in [-0.2, 0) is 0 Å². The van der Waals surface area contributed by atoms with Crippen molar-refractivity contribution in [3.63, 3.8) is 0 Å². The highest BCUT2D eigenvalue weighted by Crippen LogP contribution is 2.56. The van der Waals surface area contributed by atoms with Gasteiger partial charge in [0, 0.05) is 5.92 Å². The molecule has 0 amide bonds. The molecule has 2 fully saturated rings. The first-order chi connectivity index (χ1) is 13.7. The van der Waals surface area contributed by atoms with Gasteiger partial charge >= 0.3 is 0 Å². The van der Waals surface area contributed by atoms with E-state index in [1.165, 1.54) is 30.4 Å². The Morgan fingerprint density at radius 1 is 1.10 bits per heavy atom. The molecular formula is C28H42O. The molecule has 1 heteroatoms. The zero-order chi connectivity index (χ0) is 21.2. The molecule has 0 aromatic rings.